The number of Topliss-reactive ketones (excluding diaryl/α,β-unsaturated/α-hetero) is 1. The van der Waals surface area contributed by atoms with Gasteiger partial charge in [-0.3, -0.25) is 14.4 Å². The van der Waals surface area contributed by atoms with Crippen molar-refractivity contribution in [2.45, 2.75) is 25.8 Å². The second kappa shape index (κ2) is 7.82. The molecule has 0 bridgehead atoms. The maximum atomic E-state index is 12.3. The van der Waals surface area contributed by atoms with Gasteiger partial charge in [-0.05, 0) is 44.0 Å². The van der Waals surface area contributed by atoms with Gasteiger partial charge in [0.15, 0.2) is 5.78 Å². The number of carbonyl (C=O) groups is 3. The summed E-state index contributed by atoms with van der Waals surface area (Å²) in [6.45, 7) is 1.52. The number of amides is 2. The van der Waals surface area contributed by atoms with Gasteiger partial charge >= 0.3 is 0 Å². The zero-order chi connectivity index (χ0) is 18.5. The van der Waals surface area contributed by atoms with Crippen molar-refractivity contribution in [1.29, 1.82) is 0 Å². The van der Waals surface area contributed by atoms with Crippen molar-refractivity contribution in [2.24, 2.45) is 0 Å². The highest BCUT2D eigenvalue weighted by Crippen LogP contribution is 2.21. The van der Waals surface area contributed by atoms with Crippen molar-refractivity contribution >= 4 is 29.0 Å². The molecule has 26 heavy (non-hydrogen) atoms. The first-order valence-corrected chi connectivity index (χ1v) is 8.57. The molecule has 0 atom stereocenters. The Morgan fingerprint density at radius 1 is 1.04 bits per heavy atom. The van der Waals surface area contributed by atoms with E-state index in [1.807, 2.05) is 0 Å². The molecular formula is C20H21N3O3. The maximum Gasteiger partial charge on any atom is 0.253 e. The first-order valence-electron chi connectivity index (χ1n) is 8.57. The predicted octanol–water partition coefficient (Wildman–Crippen LogP) is 2.83. The summed E-state index contributed by atoms with van der Waals surface area (Å²) in [6.07, 6.45) is 2.01. The molecule has 0 aromatic heterocycles. The molecule has 0 spiro atoms. The second-order valence-electron chi connectivity index (χ2n) is 6.33. The van der Waals surface area contributed by atoms with Crippen molar-refractivity contribution in [3.63, 3.8) is 0 Å². The molecule has 3 N–H and O–H groups in total. The topological polar surface area (TPSA) is 87.3 Å². The summed E-state index contributed by atoms with van der Waals surface area (Å²) in [4.78, 5) is 35.9. The molecule has 3 rings (SSSR count). The number of hydrogen-bond acceptors (Lipinski definition) is 4. The number of ketones is 1. The molecule has 0 heterocycles. The van der Waals surface area contributed by atoms with Crippen molar-refractivity contribution < 1.29 is 14.4 Å². The zero-order valence-corrected chi connectivity index (χ0v) is 14.5. The van der Waals surface area contributed by atoms with Gasteiger partial charge in [-0.1, -0.05) is 24.3 Å². The van der Waals surface area contributed by atoms with Crippen LogP contribution in [0.2, 0.25) is 0 Å². The molecule has 0 unspecified atom stereocenters. The minimum Gasteiger partial charge on any atom is -0.376 e. The number of carbonyl (C=O) groups excluding carboxylic acids is 3. The minimum atomic E-state index is -0.273. The summed E-state index contributed by atoms with van der Waals surface area (Å²) in [6, 6.07) is 14.2. The normalized spacial score (nSPS) is 13.0. The molecule has 1 saturated carbocycles. The number of hydrogen-bond donors (Lipinski definition) is 3. The highest BCUT2D eigenvalue weighted by Gasteiger charge is 2.24. The predicted molar refractivity (Wildman–Crippen MR) is 100 cm³/mol. The fourth-order valence-corrected chi connectivity index (χ4v) is 2.51. The molecule has 1 aliphatic carbocycles. The molecule has 6 heteroatoms. The minimum absolute atomic E-state index is 0.0277. The average Bonchev–Trinajstić information content (AvgIpc) is 3.44. The Morgan fingerprint density at radius 2 is 1.81 bits per heavy atom. The molecule has 2 aromatic carbocycles. The van der Waals surface area contributed by atoms with Crippen molar-refractivity contribution in [3.05, 3.63) is 59.7 Å². The van der Waals surface area contributed by atoms with Crippen LogP contribution in [0.5, 0.6) is 0 Å². The van der Waals surface area contributed by atoms with Crippen molar-refractivity contribution in [1.82, 2.24) is 5.32 Å². The van der Waals surface area contributed by atoms with E-state index in [1.165, 1.54) is 6.92 Å². The van der Waals surface area contributed by atoms with E-state index in [4.69, 9.17) is 0 Å². The van der Waals surface area contributed by atoms with E-state index in [2.05, 4.69) is 16.0 Å². The Balaban J connectivity index is 1.60. The van der Waals surface area contributed by atoms with E-state index >= 15 is 0 Å². The molecule has 0 radical (unpaired) electrons. The van der Waals surface area contributed by atoms with E-state index in [1.54, 1.807) is 48.5 Å². The summed E-state index contributed by atoms with van der Waals surface area (Å²) in [7, 11) is 0. The fraction of sp³-hybridized carbons (Fsp3) is 0.250. The van der Waals surface area contributed by atoms with Crippen LogP contribution in [0.15, 0.2) is 48.5 Å². The van der Waals surface area contributed by atoms with Crippen LogP contribution in [0.3, 0.4) is 0 Å². The van der Waals surface area contributed by atoms with E-state index < -0.39 is 0 Å². The van der Waals surface area contributed by atoms with Crippen LogP contribution in [-0.2, 0) is 4.79 Å². The Labute approximate surface area is 152 Å². The van der Waals surface area contributed by atoms with Crippen LogP contribution < -0.4 is 16.0 Å². The summed E-state index contributed by atoms with van der Waals surface area (Å²) >= 11 is 0. The van der Waals surface area contributed by atoms with Gasteiger partial charge in [-0.15, -0.1) is 0 Å². The van der Waals surface area contributed by atoms with Gasteiger partial charge in [-0.25, -0.2) is 0 Å². The third-order valence-electron chi connectivity index (χ3n) is 4.08. The molecule has 2 amide bonds. The SMILES string of the molecule is CC(=O)c1cccc(NCC(=O)Nc2ccccc2C(=O)NC2CC2)c1. The van der Waals surface area contributed by atoms with Crippen LogP contribution >= 0.6 is 0 Å². The Bertz CT molecular complexity index is 844. The third kappa shape index (κ3) is 4.69. The number of nitrogens with one attached hydrogen (secondary N) is 3. The smallest absolute Gasteiger partial charge is 0.253 e. The number of para-hydroxylation sites is 1. The number of anilines is 2. The van der Waals surface area contributed by atoms with Gasteiger partial charge in [0.05, 0.1) is 17.8 Å². The van der Waals surface area contributed by atoms with Crippen LogP contribution in [-0.4, -0.2) is 30.2 Å². The summed E-state index contributed by atoms with van der Waals surface area (Å²) in [5.41, 5.74) is 2.20. The lowest BCUT2D eigenvalue weighted by Crippen LogP contribution is -2.28. The number of rotatable bonds is 7. The van der Waals surface area contributed by atoms with Crippen LogP contribution in [0.1, 0.15) is 40.5 Å². The van der Waals surface area contributed by atoms with Crippen LogP contribution in [0, 0.1) is 0 Å². The quantitative estimate of drug-likeness (QED) is 0.670. The van der Waals surface area contributed by atoms with Gasteiger partial charge in [0.2, 0.25) is 5.91 Å². The van der Waals surface area contributed by atoms with E-state index in [0.717, 1.165) is 12.8 Å². The van der Waals surface area contributed by atoms with E-state index in [0.29, 0.717) is 22.5 Å². The lowest BCUT2D eigenvalue weighted by Gasteiger charge is -2.12. The number of benzene rings is 2. The van der Waals surface area contributed by atoms with Crippen LogP contribution in [0.4, 0.5) is 11.4 Å². The Hall–Kier alpha value is -3.15. The highest BCUT2D eigenvalue weighted by atomic mass is 16.2. The first kappa shape index (κ1) is 17.7. The molecule has 0 aliphatic heterocycles. The molecule has 2 aromatic rings. The lowest BCUT2D eigenvalue weighted by molar-refractivity contribution is -0.114. The van der Waals surface area contributed by atoms with Gasteiger partial charge < -0.3 is 16.0 Å². The standard InChI is InChI=1S/C20H21N3O3/c1-13(24)14-5-4-6-16(11-14)21-12-19(25)23-18-8-3-2-7-17(18)20(26)22-15-9-10-15/h2-8,11,15,21H,9-10,12H2,1H3,(H,22,26)(H,23,25). The molecule has 1 aliphatic rings. The van der Waals surface area contributed by atoms with Gasteiger partial charge in [0.1, 0.15) is 0 Å². The van der Waals surface area contributed by atoms with Gasteiger partial charge in [0.25, 0.3) is 5.91 Å². The molecule has 1 fully saturated rings. The van der Waals surface area contributed by atoms with E-state index in [-0.39, 0.29) is 30.2 Å². The van der Waals surface area contributed by atoms with Gasteiger partial charge in [0, 0.05) is 17.3 Å². The lowest BCUT2D eigenvalue weighted by atomic mass is 10.1. The fourth-order valence-electron chi connectivity index (χ4n) is 2.51. The molecule has 134 valence electrons. The summed E-state index contributed by atoms with van der Waals surface area (Å²) in [5.74, 6) is -0.482. The van der Waals surface area contributed by atoms with Crippen LogP contribution in [0.25, 0.3) is 0 Å². The second-order valence-corrected chi connectivity index (χ2v) is 6.33. The monoisotopic (exact) mass is 351 g/mol. The summed E-state index contributed by atoms with van der Waals surface area (Å²) < 4.78 is 0. The van der Waals surface area contributed by atoms with E-state index in [9.17, 15) is 14.4 Å². The van der Waals surface area contributed by atoms with Crippen molar-refractivity contribution in [3.8, 4) is 0 Å². The first-order chi connectivity index (χ1) is 12.5. The van der Waals surface area contributed by atoms with Crippen molar-refractivity contribution in [2.75, 3.05) is 17.2 Å². The third-order valence-corrected chi connectivity index (χ3v) is 4.08. The molecule has 0 saturated heterocycles. The Kier molecular flexibility index (Phi) is 5.31. The average molecular weight is 351 g/mol. The highest BCUT2D eigenvalue weighted by molar-refractivity contribution is 6.04. The summed E-state index contributed by atoms with van der Waals surface area (Å²) in [5, 5.41) is 8.67. The zero-order valence-electron chi connectivity index (χ0n) is 14.5. The Morgan fingerprint density at radius 3 is 2.54 bits per heavy atom. The van der Waals surface area contributed by atoms with Gasteiger partial charge in [-0.2, -0.15) is 0 Å². The maximum absolute atomic E-state index is 12.3. The molecule has 6 nitrogen and oxygen atoms in total. The largest absolute Gasteiger partial charge is 0.376 e. The molecular weight excluding hydrogens is 330 g/mol.